The molecule has 1 spiro atoms. The number of hydrogen-bond acceptors (Lipinski definition) is 6. The van der Waals surface area contributed by atoms with Crippen LogP contribution in [0.4, 0.5) is 5.82 Å². The summed E-state index contributed by atoms with van der Waals surface area (Å²) in [6, 6.07) is 16.2. The number of Topliss-reactive ketones (excluding diaryl/α,β-unsaturated/α-hetero) is 1. The van der Waals surface area contributed by atoms with Gasteiger partial charge in [-0.25, -0.2) is 4.79 Å². The number of aromatic amines is 1. The Morgan fingerprint density at radius 2 is 1.70 bits per heavy atom. The fourth-order valence-corrected chi connectivity index (χ4v) is 5.04. The lowest BCUT2D eigenvalue weighted by molar-refractivity contribution is -0.140. The molecule has 3 heterocycles. The molecule has 2 aromatic carbocycles. The molecule has 6 rings (SSSR count). The molecule has 3 N–H and O–H groups in total. The lowest BCUT2D eigenvalue weighted by Crippen LogP contribution is -2.46. The van der Waals surface area contributed by atoms with Crippen LogP contribution in [0.15, 0.2) is 71.9 Å². The van der Waals surface area contributed by atoms with Gasteiger partial charge in [-0.2, -0.15) is 5.10 Å². The van der Waals surface area contributed by atoms with Gasteiger partial charge >= 0.3 is 5.97 Å². The van der Waals surface area contributed by atoms with E-state index in [2.05, 4.69) is 20.8 Å². The van der Waals surface area contributed by atoms with Gasteiger partial charge < -0.3 is 15.4 Å². The van der Waals surface area contributed by atoms with E-state index < -0.39 is 17.3 Å². The summed E-state index contributed by atoms with van der Waals surface area (Å²) >= 11 is 0. The predicted octanol–water partition coefficient (Wildman–Crippen LogP) is 2.78. The number of amides is 1. The molecular formula is C25H18N4O4. The highest BCUT2D eigenvalue weighted by Gasteiger charge is 2.63. The van der Waals surface area contributed by atoms with Crippen molar-refractivity contribution in [2.24, 2.45) is 0 Å². The van der Waals surface area contributed by atoms with Crippen LogP contribution in [0.5, 0.6) is 0 Å². The highest BCUT2D eigenvalue weighted by Crippen LogP contribution is 2.56. The summed E-state index contributed by atoms with van der Waals surface area (Å²) in [5.74, 6) is -1.03. The molecule has 2 aliphatic heterocycles. The number of rotatable bonds is 3. The number of carbonyl (C=O) groups is 3. The zero-order valence-electron chi connectivity index (χ0n) is 17.6. The number of nitrogens with zero attached hydrogens (tertiary/aromatic N) is 1. The van der Waals surface area contributed by atoms with Gasteiger partial charge in [-0.3, -0.25) is 14.7 Å². The molecule has 0 fully saturated rings. The number of benzene rings is 2. The van der Waals surface area contributed by atoms with Crippen molar-refractivity contribution in [3.63, 3.8) is 0 Å². The van der Waals surface area contributed by atoms with Crippen LogP contribution in [0.3, 0.4) is 0 Å². The van der Waals surface area contributed by atoms with Gasteiger partial charge in [-0.1, -0.05) is 54.6 Å². The molecular weight excluding hydrogens is 420 g/mol. The van der Waals surface area contributed by atoms with Gasteiger partial charge in [-0.05, 0) is 12.5 Å². The fraction of sp³-hybridized carbons (Fsp3) is 0.120. The average Bonchev–Trinajstić information content (AvgIpc) is 3.50. The van der Waals surface area contributed by atoms with Crippen LogP contribution < -0.4 is 10.6 Å². The summed E-state index contributed by atoms with van der Waals surface area (Å²) in [7, 11) is 0. The van der Waals surface area contributed by atoms with Crippen molar-refractivity contribution in [3.05, 3.63) is 94.2 Å². The van der Waals surface area contributed by atoms with Crippen LogP contribution in [0.25, 0.3) is 11.4 Å². The molecule has 1 amide bonds. The average molecular weight is 438 g/mol. The number of ether oxygens (including phenoxy) is 1. The zero-order chi connectivity index (χ0) is 22.7. The molecule has 8 nitrogen and oxygen atoms in total. The Bertz CT molecular complexity index is 1430. The van der Waals surface area contributed by atoms with E-state index in [1.54, 1.807) is 31.2 Å². The Kier molecular flexibility index (Phi) is 3.95. The van der Waals surface area contributed by atoms with Crippen LogP contribution in [-0.4, -0.2) is 34.5 Å². The first-order valence-electron chi connectivity index (χ1n) is 10.6. The second kappa shape index (κ2) is 6.77. The maximum absolute atomic E-state index is 13.9. The third-order valence-corrected chi connectivity index (χ3v) is 6.33. The highest BCUT2D eigenvalue weighted by atomic mass is 16.5. The topological polar surface area (TPSA) is 113 Å². The number of anilines is 1. The first kappa shape index (κ1) is 19.2. The normalized spacial score (nSPS) is 20.4. The van der Waals surface area contributed by atoms with Gasteiger partial charge in [0.05, 0.1) is 29.8 Å². The number of nitrogens with one attached hydrogen (secondary N) is 3. The van der Waals surface area contributed by atoms with Crippen molar-refractivity contribution < 1.29 is 19.1 Å². The molecule has 0 bridgehead atoms. The first-order chi connectivity index (χ1) is 16.1. The summed E-state index contributed by atoms with van der Waals surface area (Å²) in [6.07, 6.45) is 1.48. The van der Waals surface area contributed by atoms with E-state index in [0.29, 0.717) is 39.5 Å². The van der Waals surface area contributed by atoms with E-state index in [-0.39, 0.29) is 23.5 Å². The standard InChI is InChI=1S/C25H18N4O4/c1-2-33-23(31)18-19(13-8-4-3-5-9-13)28-24(32)25(18)16-12-26-29-22(16)27-20-14-10-6-7-11-15(14)21(30)17(20)25/h3-12H,2H2,1H3,(H,28,32)(H2,26,27,29). The van der Waals surface area contributed by atoms with E-state index in [1.165, 1.54) is 6.20 Å². The number of esters is 1. The van der Waals surface area contributed by atoms with Crippen molar-refractivity contribution in [1.29, 1.82) is 0 Å². The Hall–Kier alpha value is -4.46. The summed E-state index contributed by atoms with van der Waals surface area (Å²) < 4.78 is 5.43. The number of fused-ring (bicyclic) bond motifs is 5. The van der Waals surface area contributed by atoms with Gasteiger partial charge in [0.1, 0.15) is 11.2 Å². The van der Waals surface area contributed by atoms with Gasteiger partial charge in [-0.15, -0.1) is 0 Å². The maximum Gasteiger partial charge on any atom is 0.337 e. The highest BCUT2D eigenvalue weighted by molar-refractivity contribution is 6.32. The molecule has 8 heteroatoms. The fourth-order valence-electron chi connectivity index (χ4n) is 5.04. The van der Waals surface area contributed by atoms with Gasteiger partial charge in [0.2, 0.25) is 5.91 Å². The van der Waals surface area contributed by atoms with Crippen molar-refractivity contribution >= 4 is 34.9 Å². The number of carbonyl (C=O) groups excluding carboxylic acids is 3. The van der Waals surface area contributed by atoms with Gasteiger partial charge in [0, 0.05) is 22.3 Å². The number of aromatic nitrogens is 2. The summed E-state index contributed by atoms with van der Waals surface area (Å²) in [5.41, 5.74) is 1.55. The minimum absolute atomic E-state index is 0.0818. The molecule has 0 saturated heterocycles. The van der Waals surface area contributed by atoms with Crippen LogP contribution in [0.2, 0.25) is 0 Å². The lowest BCUT2D eigenvalue weighted by atomic mass is 9.66. The smallest absolute Gasteiger partial charge is 0.337 e. The Morgan fingerprint density at radius 3 is 2.45 bits per heavy atom. The molecule has 1 aliphatic carbocycles. The largest absolute Gasteiger partial charge is 0.463 e. The third kappa shape index (κ3) is 2.34. The molecule has 1 atom stereocenters. The van der Waals surface area contributed by atoms with Crippen molar-refractivity contribution in [2.75, 3.05) is 11.9 Å². The second-order valence-corrected chi connectivity index (χ2v) is 7.95. The minimum atomic E-state index is -1.71. The Morgan fingerprint density at radius 1 is 0.970 bits per heavy atom. The van der Waals surface area contributed by atoms with E-state index in [0.717, 1.165) is 0 Å². The quantitative estimate of drug-likeness (QED) is 0.542. The Labute approximate surface area is 188 Å². The molecule has 162 valence electrons. The second-order valence-electron chi connectivity index (χ2n) is 7.95. The number of ketones is 1. The van der Waals surface area contributed by atoms with Crippen LogP contribution >= 0.6 is 0 Å². The lowest BCUT2D eigenvalue weighted by Gasteiger charge is -2.34. The monoisotopic (exact) mass is 438 g/mol. The summed E-state index contributed by atoms with van der Waals surface area (Å²) in [5, 5.41) is 13.1. The van der Waals surface area contributed by atoms with E-state index >= 15 is 0 Å². The first-order valence-corrected chi connectivity index (χ1v) is 10.6. The van der Waals surface area contributed by atoms with E-state index in [1.807, 2.05) is 30.3 Å². The number of H-pyrrole nitrogens is 1. The van der Waals surface area contributed by atoms with E-state index in [4.69, 9.17) is 4.74 Å². The predicted molar refractivity (Wildman–Crippen MR) is 120 cm³/mol. The van der Waals surface area contributed by atoms with Crippen molar-refractivity contribution in [1.82, 2.24) is 15.5 Å². The maximum atomic E-state index is 13.9. The van der Waals surface area contributed by atoms with Crippen molar-refractivity contribution in [2.45, 2.75) is 12.3 Å². The molecule has 3 aliphatic rings. The summed E-state index contributed by atoms with van der Waals surface area (Å²) in [6.45, 7) is 1.82. The molecule has 0 saturated carbocycles. The zero-order valence-corrected chi connectivity index (χ0v) is 17.6. The molecule has 0 radical (unpaired) electrons. The van der Waals surface area contributed by atoms with Crippen LogP contribution in [-0.2, 0) is 19.7 Å². The Balaban J connectivity index is 1.73. The van der Waals surface area contributed by atoms with E-state index in [9.17, 15) is 14.4 Å². The van der Waals surface area contributed by atoms with Crippen molar-refractivity contribution in [3.8, 4) is 0 Å². The third-order valence-electron chi connectivity index (χ3n) is 6.33. The van der Waals surface area contributed by atoms with Gasteiger partial charge in [0.15, 0.2) is 5.78 Å². The van der Waals surface area contributed by atoms with Gasteiger partial charge in [0.25, 0.3) is 0 Å². The molecule has 1 unspecified atom stereocenters. The van der Waals surface area contributed by atoms with Crippen LogP contribution in [0.1, 0.15) is 34.0 Å². The summed E-state index contributed by atoms with van der Waals surface area (Å²) in [4.78, 5) is 41.2. The minimum Gasteiger partial charge on any atom is -0.463 e. The SMILES string of the molecule is CCOC(=O)C1=C(c2ccccc2)NC(=O)C12C1=C(Nc3[nH]ncc32)c2ccccc2C1=O. The number of hydrogen-bond donors (Lipinski definition) is 3. The van der Waals surface area contributed by atoms with Crippen LogP contribution in [0, 0.1) is 0 Å². The molecule has 1 aromatic heterocycles. The molecule has 3 aromatic rings. The molecule has 33 heavy (non-hydrogen) atoms.